The van der Waals surface area contributed by atoms with E-state index in [0.29, 0.717) is 6.54 Å². The molecule has 3 rings (SSSR count). The van der Waals surface area contributed by atoms with Crippen molar-refractivity contribution in [1.29, 1.82) is 0 Å². The molecule has 0 spiro atoms. The zero-order chi connectivity index (χ0) is 14.5. The maximum atomic E-state index is 5.38. The van der Waals surface area contributed by atoms with Gasteiger partial charge in [-0.3, -0.25) is 4.98 Å². The minimum absolute atomic E-state index is 0.701. The lowest BCUT2D eigenvalue weighted by Crippen LogP contribution is -2.37. The smallest absolute Gasteiger partial charge is 0.134 e. The predicted octanol–water partition coefficient (Wildman–Crippen LogP) is 1.63. The second-order valence-electron chi connectivity index (χ2n) is 4.97. The van der Waals surface area contributed by atoms with E-state index < -0.39 is 0 Å². The molecule has 6 nitrogen and oxygen atoms in total. The summed E-state index contributed by atoms with van der Waals surface area (Å²) in [6, 6.07) is 5.97. The molecule has 2 aromatic heterocycles. The fourth-order valence-corrected chi connectivity index (χ4v) is 2.29. The normalized spacial score (nSPS) is 15.0. The van der Waals surface area contributed by atoms with Crippen molar-refractivity contribution >= 4 is 11.6 Å². The Kier molecular flexibility index (Phi) is 4.25. The molecule has 0 aromatic carbocycles. The van der Waals surface area contributed by atoms with E-state index in [0.717, 1.165) is 49.3 Å². The Balaban J connectivity index is 1.71. The number of ether oxygens (including phenoxy) is 1. The van der Waals surface area contributed by atoms with Crippen LogP contribution in [0.2, 0.25) is 0 Å². The highest BCUT2D eigenvalue weighted by Crippen LogP contribution is 2.17. The average molecular weight is 285 g/mol. The summed E-state index contributed by atoms with van der Waals surface area (Å²) < 4.78 is 5.38. The van der Waals surface area contributed by atoms with Crippen molar-refractivity contribution in [3.05, 3.63) is 42.0 Å². The molecular weight excluding hydrogens is 266 g/mol. The standard InChI is InChI=1S/C15H19N5O/c1-12-18-14(17-11-13-3-2-4-16-10-13)9-15(19-12)20-5-7-21-8-6-20/h2-4,9-10H,5-8,11H2,1H3,(H,17,18,19). The molecule has 2 aromatic rings. The Labute approximate surface area is 124 Å². The molecule has 0 atom stereocenters. The monoisotopic (exact) mass is 285 g/mol. The Morgan fingerprint density at radius 2 is 2.14 bits per heavy atom. The van der Waals surface area contributed by atoms with Crippen molar-refractivity contribution in [2.75, 3.05) is 36.5 Å². The van der Waals surface area contributed by atoms with Gasteiger partial charge in [-0.25, -0.2) is 9.97 Å². The lowest BCUT2D eigenvalue weighted by Gasteiger charge is -2.28. The highest BCUT2D eigenvalue weighted by Gasteiger charge is 2.14. The fraction of sp³-hybridized carbons (Fsp3) is 0.400. The SMILES string of the molecule is Cc1nc(NCc2cccnc2)cc(N2CCOCC2)n1. The predicted molar refractivity (Wildman–Crippen MR) is 81.4 cm³/mol. The van der Waals surface area contributed by atoms with Crippen molar-refractivity contribution in [3.8, 4) is 0 Å². The molecular formula is C15H19N5O. The molecule has 0 amide bonds. The number of rotatable bonds is 4. The van der Waals surface area contributed by atoms with Gasteiger partial charge < -0.3 is 15.0 Å². The average Bonchev–Trinajstić information content (AvgIpc) is 2.54. The van der Waals surface area contributed by atoms with Crippen LogP contribution in [0.25, 0.3) is 0 Å². The van der Waals surface area contributed by atoms with Crippen LogP contribution < -0.4 is 10.2 Å². The third-order valence-corrected chi connectivity index (χ3v) is 3.36. The van der Waals surface area contributed by atoms with Crippen LogP contribution in [0, 0.1) is 6.92 Å². The van der Waals surface area contributed by atoms with Crippen LogP contribution in [0.15, 0.2) is 30.6 Å². The summed E-state index contributed by atoms with van der Waals surface area (Å²) in [6.07, 6.45) is 3.62. The third-order valence-electron chi connectivity index (χ3n) is 3.36. The number of pyridine rings is 1. The van der Waals surface area contributed by atoms with Crippen molar-refractivity contribution in [3.63, 3.8) is 0 Å². The maximum Gasteiger partial charge on any atom is 0.134 e. The largest absolute Gasteiger partial charge is 0.378 e. The molecule has 21 heavy (non-hydrogen) atoms. The molecule has 1 fully saturated rings. The van der Waals surface area contributed by atoms with Gasteiger partial charge in [0.1, 0.15) is 17.5 Å². The van der Waals surface area contributed by atoms with E-state index in [1.807, 2.05) is 31.3 Å². The van der Waals surface area contributed by atoms with Crippen LogP contribution >= 0.6 is 0 Å². The lowest BCUT2D eigenvalue weighted by molar-refractivity contribution is 0.122. The summed E-state index contributed by atoms with van der Waals surface area (Å²) >= 11 is 0. The Hall–Kier alpha value is -2.21. The molecule has 0 unspecified atom stereocenters. The summed E-state index contributed by atoms with van der Waals surface area (Å²) in [5.41, 5.74) is 1.13. The van der Waals surface area contributed by atoms with Crippen LogP contribution in [0.3, 0.4) is 0 Å². The molecule has 0 aliphatic carbocycles. The number of nitrogens with one attached hydrogen (secondary N) is 1. The summed E-state index contributed by atoms with van der Waals surface area (Å²) in [7, 11) is 0. The van der Waals surface area contributed by atoms with Crippen molar-refractivity contribution in [2.45, 2.75) is 13.5 Å². The van der Waals surface area contributed by atoms with E-state index >= 15 is 0 Å². The number of hydrogen-bond acceptors (Lipinski definition) is 6. The van der Waals surface area contributed by atoms with Crippen LogP contribution in [0.5, 0.6) is 0 Å². The third kappa shape index (κ3) is 3.66. The number of aryl methyl sites for hydroxylation is 1. The summed E-state index contributed by atoms with van der Waals surface area (Å²) in [5, 5.41) is 3.33. The van der Waals surface area contributed by atoms with Gasteiger partial charge in [-0.2, -0.15) is 0 Å². The van der Waals surface area contributed by atoms with Gasteiger partial charge in [0.15, 0.2) is 0 Å². The first-order chi connectivity index (χ1) is 10.3. The minimum Gasteiger partial charge on any atom is -0.378 e. The Morgan fingerprint density at radius 3 is 2.90 bits per heavy atom. The Morgan fingerprint density at radius 1 is 1.29 bits per heavy atom. The van der Waals surface area contributed by atoms with Gasteiger partial charge in [0.25, 0.3) is 0 Å². The number of aromatic nitrogens is 3. The summed E-state index contributed by atoms with van der Waals surface area (Å²) in [6.45, 7) is 5.87. The van der Waals surface area contributed by atoms with Gasteiger partial charge in [-0.1, -0.05) is 6.07 Å². The number of anilines is 2. The van der Waals surface area contributed by atoms with E-state index in [2.05, 4.69) is 25.2 Å². The molecule has 1 saturated heterocycles. The first-order valence-corrected chi connectivity index (χ1v) is 7.12. The summed E-state index contributed by atoms with van der Waals surface area (Å²) in [5.74, 6) is 2.57. The van der Waals surface area contributed by atoms with E-state index in [9.17, 15) is 0 Å². The topological polar surface area (TPSA) is 63.2 Å². The van der Waals surface area contributed by atoms with Crippen molar-refractivity contribution in [2.24, 2.45) is 0 Å². The second kappa shape index (κ2) is 6.49. The molecule has 0 saturated carbocycles. The van der Waals surface area contributed by atoms with Crippen LogP contribution in [0.4, 0.5) is 11.6 Å². The van der Waals surface area contributed by atoms with Gasteiger partial charge in [-0.15, -0.1) is 0 Å². The molecule has 0 bridgehead atoms. The fourth-order valence-electron chi connectivity index (χ4n) is 2.29. The van der Waals surface area contributed by atoms with Crippen LogP contribution in [-0.2, 0) is 11.3 Å². The van der Waals surface area contributed by atoms with Crippen LogP contribution in [0.1, 0.15) is 11.4 Å². The molecule has 6 heteroatoms. The number of nitrogens with zero attached hydrogens (tertiary/aromatic N) is 4. The molecule has 1 aliphatic rings. The van der Waals surface area contributed by atoms with E-state index in [-0.39, 0.29) is 0 Å². The highest BCUT2D eigenvalue weighted by atomic mass is 16.5. The van der Waals surface area contributed by atoms with Gasteiger partial charge in [-0.05, 0) is 18.6 Å². The first-order valence-electron chi connectivity index (χ1n) is 7.12. The van der Waals surface area contributed by atoms with Gasteiger partial charge in [0, 0.05) is 38.1 Å². The molecule has 3 heterocycles. The van der Waals surface area contributed by atoms with Gasteiger partial charge in [0.05, 0.1) is 13.2 Å². The summed E-state index contributed by atoms with van der Waals surface area (Å²) in [4.78, 5) is 15.3. The van der Waals surface area contributed by atoms with E-state index in [4.69, 9.17) is 4.74 Å². The molecule has 1 N–H and O–H groups in total. The maximum absolute atomic E-state index is 5.38. The lowest BCUT2D eigenvalue weighted by atomic mass is 10.3. The first kappa shape index (κ1) is 13.8. The Bertz CT molecular complexity index is 584. The minimum atomic E-state index is 0.701. The zero-order valence-corrected chi connectivity index (χ0v) is 12.1. The molecule has 1 aliphatic heterocycles. The van der Waals surface area contributed by atoms with E-state index in [1.165, 1.54) is 0 Å². The van der Waals surface area contributed by atoms with Crippen molar-refractivity contribution < 1.29 is 4.74 Å². The zero-order valence-electron chi connectivity index (χ0n) is 12.1. The van der Waals surface area contributed by atoms with Crippen LogP contribution in [-0.4, -0.2) is 41.3 Å². The number of morpholine rings is 1. The van der Waals surface area contributed by atoms with E-state index in [1.54, 1.807) is 6.20 Å². The van der Waals surface area contributed by atoms with Gasteiger partial charge >= 0.3 is 0 Å². The molecule has 110 valence electrons. The van der Waals surface area contributed by atoms with Gasteiger partial charge in [0.2, 0.25) is 0 Å². The quantitative estimate of drug-likeness (QED) is 0.921. The number of hydrogen-bond donors (Lipinski definition) is 1. The van der Waals surface area contributed by atoms with Crippen molar-refractivity contribution in [1.82, 2.24) is 15.0 Å². The molecule has 0 radical (unpaired) electrons. The second-order valence-corrected chi connectivity index (χ2v) is 4.97. The highest BCUT2D eigenvalue weighted by molar-refractivity contribution is 5.49.